The van der Waals surface area contributed by atoms with Crippen LogP contribution >= 0.6 is 0 Å². The number of carboxylic acids is 1. The van der Waals surface area contributed by atoms with Crippen LogP contribution in [-0.2, 0) is 24.2 Å². The molecule has 2 aromatic heterocycles. The zero-order valence-electron chi connectivity index (χ0n) is 16.8. The lowest BCUT2D eigenvalue weighted by Gasteiger charge is -2.33. The number of carbonyl (C=O) groups is 2. The second-order valence-electron chi connectivity index (χ2n) is 7.66. The third kappa shape index (κ3) is 3.82. The normalized spacial score (nSPS) is 18.0. The van der Waals surface area contributed by atoms with Gasteiger partial charge < -0.3 is 20.2 Å². The van der Waals surface area contributed by atoms with Gasteiger partial charge in [0, 0.05) is 57.0 Å². The van der Waals surface area contributed by atoms with Crippen molar-refractivity contribution in [2.45, 2.75) is 26.3 Å². The van der Waals surface area contributed by atoms with Gasteiger partial charge in [-0.15, -0.1) is 0 Å². The Bertz CT molecular complexity index is 942. The lowest BCUT2D eigenvalue weighted by molar-refractivity contribution is -0.134. The van der Waals surface area contributed by atoms with Gasteiger partial charge in [-0.3, -0.25) is 14.3 Å². The van der Waals surface area contributed by atoms with E-state index >= 15 is 0 Å². The fraction of sp³-hybridized carbons (Fsp3) is 0.500. The quantitative estimate of drug-likeness (QED) is 0.726. The average Bonchev–Trinajstić information content (AvgIpc) is 3.08. The predicted molar refractivity (Wildman–Crippen MR) is 108 cm³/mol. The lowest BCUT2D eigenvalue weighted by atomic mass is 9.90. The van der Waals surface area contributed by atoms with Gasteiger partial charge in [0.25, 0.3) is 11.9 Å². The molecule has 9 heteroatoms. The zero-order chi connectivity index (χ0) is 20.5. The van der Waals surface area contributed by atoms with E-state index in [1.165, 1.54) is 5.56 Å². The Kier molecular flexibility index (Phi) is 5.23. The van der Waals surface area contributed by atoms with Gasteiger partial charge in [-0.05, 0) is 31.5 Å². The third-order valence-corrected chi connectivity index (χ3v) is 5.57. The summed E-state index contributed by atoms with van der Waals surface area (Å²) in [5.74, 6) is 0.201. The Balaban J connectivity index is 0.000000472. The molecule has 4 heterocycles. The molecule has 1 aliphatic carbocycles. The van der Waals surface area contributed by atoms with Crippen molar-refractivity contribution in [2.75, 3.05) is 44.7 Å². The van der Waals surface area contributed by atoms with E-state index in [0.29, 0.717) is 6.54 Å². The molecule has 2 N–H and O–H groups in total. The maximum Gasteiger partial charge on any atom is 0.300 e. The second-order valence-corrected chi connectivity index (χ2v) is 7.66. The van der Waals surface area contributed by atoms with E-state index in [0.717, 1.165) is 80.8 Å². The highest BCUT2D eigenvalue weighted by Crippen LogP contribution is 2.36. The number of rotatable bonds is 1. The van der Waals surface area contributed by atoms with Crippen molar-refractivity contribution >= 4 is 17.7 Å². The summed E-state index contributed by atoms with van der Waals surface area (Å²) < 4.78 is 1.88. The van der Waals surface area contributed by atoms with Crippen LogP contribution in [0.2, 0.25) is 0 Å². The number of hydrogen-bond donors (Lipinski definition) is 2. The molecule has 154 valence electrons. The van der Waals surface area contributed by atoms with Crippen LogP contribution in [0, 0.1) is 0 Å². The van der Waals surface area contributed by atoms with Crippen LogP contribution in [0.1, 0.15) is 28.5 Å². The number of nitrogens with one attached hydrogen (secondary N) is 1. The van der Waals surface area contributed by atoms with Gasteiger partial charge in [-0.25, -0.2) is 4.98 Å². The number of amides is 1. The first-order chi connectivity index (χ1) is 13.9. The minimum atomic E-state index is -0.833. The number of aliphatic carboxylic acids is 1. The highest BCUT2D eigenvalue weighted by molar-refractivity contribution is 5.97. The molecule has 5 rings (SSSR count). The monoisotopic (exact) mass is 398 g/mol. The summed E-state index contributed by atoms with van der Waals surface area (Å²) in [5, 5.41) is 15.1. The molecule has 29 heavy (non-hydrogen) atoms. The summed E-state index contributed by atoms with van der Waals surface area (Å²) in [6, 6.07) is 2.18. The summed E-state index contributed by atoms with van der Waals surface area (Å²) in [6.45, 7) is 6.60. The molecule has 3 aliphatic rings. The summed E-state index contributed by atoms with van der Waals surface area (Å²) in [6.07, 6.45) is 3.79. The van der Waals surface area contributed by atoms with Crippen LogP contribution in [0.3, 0.4) is 0 Å². The SMILES string of the molecule is CC(=O)O.CN1CCN(c2cc3c(cn2)CCc2c-3nn3c2C(=O)NCC3)CC1. The van der Waals surface area contributed by atoms with Gasteiger partial charge in [0.15, 0.2) is 0 Å². The lowest BCUT2D eigenvalue weighted by Crippen LogP contribution is -2.44. The third-order valence-electron chi connectivity index (χ3n) is 5.57. The van der Waals surface area contributed by atoms with Crippen molar-refractivity contribution in [1.82, 2.24) is 25.0 Å². The largest absolute Gasteiger partial charge is 0.481 e. The maximum absolute atomic E-state index is 12.3. The van der Waals surface area contributed by atoms with Gasteiger partial charge in [0.05, 0.1) is 12.2 Å². The van der Waals surface area contributed by atoms with E-state index in [9.17, 15) is 4.79 Å². The molecule has 0 spiro atoms. The summed E-state index contributed by atoms with van der Waals surface area (Å²) in [4.78, 5) is 30.7. The number of pyridine rings is 1. The van der Waals surface area contributed by atoms with Crippen LogP contribution in [-0.4, -0.2) is 76.4 Å². The molecule has 0 radical (unpaired) electrons. The first-order valence-corrected chi connectivity index (χ1v) is 9.94. The van der Waals surface area contributed by atoms with Crippen LogP contribution in [0.15, 0.2) is 12.3 Å². The number of carboxylic acid groups (broad SMARTS) is 1. The Hall–Kier alpha value is -2.94. The van der Waals surface area contributed by atoms with E-state index in [2.05, 4.69) is 28.2 Å². The Morgan fingerprint density at radius 1 is 1.17 bits per heavy atom. The predicted octanol–water partition coefficient (Wildman–Crippen LogP) is 0.630. The van der Waals surface area contributed by atoms with Crippen molar-refractivity contribution in [3.05, 3.63) is 29.1 Å². The number of likely N-dealkylation sites (N-methyl/N-ethyl adjacent to an activating group) is 1. The molecule has 0 unspecified atom stereocenters. The first kappa shape index (κ1) is 19.4. The molecule has 0 bridgehead atoms. The highest BCUT2D eigenvalue weighted by atomic mass is 16.4. The summed E-state index contributed by atoms with van der Waals surface area (Å²) in [5.41, 5.74) is 5.22. The number of nitrogens with zero attached hydrogens (tertiary/aromatic N) is 5. The first-order valence-electron chi connectivity index (χ1n) is 9.94. The fourth-order valence-electron chi connectivity index (χ4n) is 4.09. The number of carbonyl (C=O) groups excluding carboxylic acids is 1. The number of hydrogen-bond acceptors (Lipinski definition) is 6. The molecule has 0 atom stereocenters. The number of aromatic nitrogens is 3. The van der Waals surface area contributed by atoms with Gasteiger partial charge in [-0.2, -0.15) is 5.10 Å². The number of aryl methyl sites for hydroxylation is 1. The number of fused-ring (bicyclic) bond motifs is 5. The minimum absolute atomic E-state index is 0.0109. The van der Waals surface area contributed by atoms with Crippen molar-refractivity contribution < 1.29 is 14.7 Å². The van der Waals surface area contributed by atoms with E-state index in [4.69, 9.17) is 20.0 Å². The molecule has 1 amide bonds. The van der Waals surface area contributed by atoms with E-state index in [1.54, 1.807) is 0 Å². The van der Waals surface area contributed by atoms with Crippen molar-refractivity contribution in [3.8, 4) is 11.3 Å². The van der Waals surface area contributed by atoms with Crippen molar-refractivity contribution in [1.29, 1.82) is 0 Å². The topological polar surface area (TPSA) is 104 Å². The molecule has 0 aromatic carbocycles. The Labute approximate surface area is 169 Å². The fourth-order valence-corrected chi connectivity index (χ4v) is 4.09. The average molecular weight is 398 g/mol. The molecular weight excluding hydrogens is 372 g/mol. The molecule has 1 saturated heterocycles. The van der Waals surface area contributed by atoms with Crippen LogP contribution < -0.4 is 10.2 Å². The van der Waals surface area contributed by atoms with Crippen LogP contribution in [0.25, 0.3) is 11.3 Å². The molecule has 2 aromatic rings. The maximum atomic E-state index is 12.3. The molecular formula is C20H26N6O3. The van der Waals surface area contributed by atoms with E-state index in [-0.39, 0.29) is 5.91 Å². The summed E-state index contributed by atoms with van der Waals surface area (Å²) in [7, 11) is 2.16. The van der Waals surface area contributed by atoms with Gasteiger partial charge >= 0.3 is 0 Å². The molecule has 9 nitrogen and oxygen atoms in total. The van der Waals surface area contributed by atoms with Gasteiger partial charge in [-0.1, -0.05) is 0 Å². The molecule has 1 fully saturated rings. The molecule has 0 saturated carbocycles. The highest BCUT2D eigenvalue weighted by Gasteiger charge is 2.30. The van der Waals surface area contributed by atoms with Gasteiger partial charge in [0.1, 0.15) is 11.5 Å². The van der Waals surface area contributed by atoms with Crippen molar-refractivity contribution in [3.63, 3.8) is 0 Å². The van der Waals surface area contributed by atoms with Crippen molar-refractivity contribution in [2.24, 2.45) is 0 Å². The second kappa shape index (κ2) is 7.82. The van der Waals surface area contributed by atoms with Crippen LogP contribution in [0.4, 0.5) is 5.82 Å². The Morgan fingerprint density at radius 2 is 1.90 bits per heavy atom. The van der Waals surface area contributed by atoms with E-state index < -0.39 is 5.97 Å². The van der Waals surface area contributed by atoms with E-state index in [1.807, 2.05) is 10.9 Å². The number of anilines is 1. The smallest absolute Gasteiger partial charge is 0.300 e. The number of piperazine rings is 1. The zero-order valence-corrected chi connectivity index (χ0v) is 16.8. The standard InChI is InChI=1S/C18H22N6O.C2H4O2/c1-22-6-8-23(9-7-22)15-10-14-12(11-20-15)2-3-13-16(14)21-24-5-4-19-18(25)17(13)24;1-2(3)4/h10-11H,2-9H2,1H3,(H,19,25);1H3,(H,3,4). The molecule has 2 aliphatic heterocycles. The van der Waals surface area contributed by atoms with Gasteiger partial charge in [0.2, 0.25) is 0 Å². The minimum Gasteiger partial charge on any atom is -0.481 e. The Morgan fingerprint density at radius 3 is 2.62 bits per heavy atom. The summed E-state index contributed by atoms with van der Waals surface area (Å²) >= 11 is 0. The van der Waals surface area contributed by atoms with Crippen LogP contribution in [0.5, 0.6) is 0 Å².